The Kier molecular flexibility index (Phi) is 6.58. The lowest BCUT2D eigenvalue weighted by atomic mass is 10.1. The lowest BCUT2D eigenvalue weighted by Crippen LogP contribution is -2.31. The Bertz CT molecular complexity index is 699. The van der Waals surface area contributed by atoms with Crippen molar-refractivity contribution >= 4 is 34.6 Å². The number of hydrogen-bond donors (Lipinski definition) is 3. The Morgan fingerprint density at radius 1 is 1.48 bits per heavy atom. The van der Waals surface area contributed by atoms with Crippen molar-refractivity contribution in [3.63, 3.8) is 0 Å². The monoisotopic (exact) mass is 331 g/mol. The van der Waals surface area contributed by atoms with Crippen LogP contribution < -0.4 is 11.1 Å². The highest BCUT2D eigenvalue weighted by atomic mass is 32.2. The number of aliphatic hydroxyl groups is 1. The second-order valence-electron chi connectivity index (χ2n) is 5.11. The van der Waals surface area contributed by atoms with Crippen molar-refractivity contribution < 1.29 is 9.90 Å². The van der Waals surface area contributed by atoms with E-state index < -0.39 is 5.91 Å². The number of carbonyl (C=O) groups is 1. The molecule has 0 aliphatic rings. The van der Waals surface area contributed by atoms with Crippen LogP contribution in [0.1, 0.15) is 18.9 Å². The highest BCUT2D eigenvalue weighted by molar-refractivity contribution is 8.04. The fourth-order valence-electron chi connectivity index (χ4n) is 2.09. The highest BCUT2D eigenvalue weighted by Crippen LogP contribution is 2.21. The summed E-state index contributed by atoms with van der Waals surface area (Å²) in [6, 6.07) is 9.69. The van der Waals surface area contributed by atoms with Crippen LogP contribution in [0.5, 0.6) is 0 Å². The molecule has 0 aliphatic heterocycles. The van der Waals surface area contributed by atoms with Crippen molar-refractivity contribution in [2.24, 2.45) is 5.73 Å². The van der Waals surface area contributed by atoms with E-state index in [9.17, 15) is 4.79 Å². The van der Waals surface area contributed by atoms with E-state index in [-0.39, 0.29) is 12.6 Å². The number of pyridine rings is 1. The Morgan fingerprint density at radius 2 is 2.30 bits per heavy atom. The van der Waals surface area contributed by atoms with Gasteiger partial charge in [0.2, 0.25) is 0 Å². The van der Waals surface area contributed by atoms with Crippen LogP contribution in [0.4, 0.5) is 0 Å². The van der Waals surface area contributed by atoms with Crippen molar-refractivity contribution in [3.05, 3.63) is 47.0 Å². The smallest absolute Gasteiger partial charge is 0.255 e. The fraction of sp³-hybridized carbons (Fsp3) is 0.294. The van der Waals surface area contributed by atoms with Crippen LogP contribution in [0.3, 0.4) is 0 Å². The van der Waals surface area contributed by atoms with Gasteiger partial charge in [-0.1, -0.05) is 19.1 Å². The molecule has 1 aromatic heterocycles. The Balaban J connectivity index is 2.12. The molecule has 1 atom stereocenters. The quantitative estimate of drug-likeness (QED) is 0.509. The summed E-state index contributed by atoms with van der Waals surface area (Å²) in [4.78, 5) is 16.4. The molecule has 0 fully saturated rings. The Morgan fingerprint density at radius 3 is 3.00 bits per heavy atom. The molecule has 0 saturated heterocycles. The Labute approximate surface area is 140 Å². The molecule has 0 unspecified atom stereocenters. The number of carbonyl (C=O) groups excluding carboxylic acids is 1. The van der Waals surface area contributed by atoms with Crippen LogP contribution >= 0.6 is 11.8 Å². The topological polar surface area (TPSA) is 88.2 Å². The number of aliphatic hydroxyl groups excluding tert-OH is 1. The third kappa shape index (κ3) is 5.06. The molecular weight excluding hydrogens is 310 g/mol. The molecule has 23 heavy (non-hydrogen) atoms. The third-order valence-corrected chi connectivity index (χ3v) is 4.42. The molecule has 2 aromatic rings. The van der Waals surface area contributed by atoms with E-state index in [0.717, 1.165) is 22.9 Å². The van der Waals surface area contributed by atoms with Gasteiger partial charge in [0.1, 0.15) is 0 Å². The number of amides is 1. The van der Waals surface area contributed by atoms with Crippen LogP contribution in [0.15, 0.2) is 41.4 Å². The number of hydrogen-bond acceptors (Lipinski definition) is 5. The average Bonchev–Trinajstić information content (AvgIpc) is 2.57. The summed E-state index contributed by atoms with van der Waals surface area (Å²) < 4.78 is 0. The van der Waals surface area contributed by atoms with E-state index >= 15 is 0 Å². The third-order valence-electron chi connectivity index (χ3n) is 3.48. The zero-order chi connectivity index (χ0) is 16.7. The van der Waals surface area contributed by atoms with E-state index in [1.54, 1.807) is 12.3 Å². The van der Waals surface area contributed by atoms with Crippen molar-refractivity contribution in [2.75, 3.05) is 12.5 Å². The van der Waals surface area contributed by atoms with E-state index in [0.29, 0.717) is 10.8 Å². The molecule has 4 N–H and O–H groups in total. The molecule has 0 bridgehead atoms. The predicted octanol–water partition coefficient (Wildman–Crippen LogP) is 2.11. The normalized spacial score (nSPS) is 13.2. The first-order chi connectivity index (χ1) is 11.1. The molecule has 0 aliphatic carbocycles. The second-order valence-corrected chi connectivity index (χ2v) is 6.13. The molecule has 0 spiro atoms. The largest absolute Gasteiger partial charge is 0.395 e. The number of primary amides is 1. The van der Waals surface area contributed by atoms with Gasteiger partial charge in [-0.15, -0.1) is 11.8 Å². The number of nitrogens with two attached hydrogens (primary N) is 1. The first-order valence-electron chi connectivity index (χ1n) is 7.47. The first kappa shape index (κ1) is 17.5. The van der Waals surface area contributed by atoms with E-state index in [1.807, 2.05) is 37.3 Å². The fourth-order valence-corrected chi connectivity index (χ4v) is 2.93. The molecule has 122 valence electrons. The summed E-state index contributed by atoms with van der Waals surface area (Å²) >= 11 is 1.34. The maximum Gasteiger partial charge on any atom is 0.255 e. The maximum absolute atomic E-state index is 11.6. The summed E-state index contributed by atoms with van der Waals surface area (Å²) in [5.74, 6) is 0.0586. The summed E-state index contributed by atoms with van der Waals surface area (Å²) in [7, 11) is 0. The molecule has 0 saturated carbocycles. The summed E-state index contributed by atoms with van der Waals surface area (Å²) in [6.45, 7) is 2.07. The molecule has 1 amide bonds. The Hall–Kier alpha value is -1.89. The van der Waals surface area contributed by atoms with Gasteiger partial charge >= 0.3 is 0 Å². The highest BCUT2D eigenvalue weighted by Gasteiger charge is 2.08. The minimum absolute atomic E-state index is 0.0309. The lowest BCUT2D eigenvalue weighted by molar-refractivity contribution is -0.113. The molecule has 0 radical (unpaired) electrons. The van der Waals surface area contributed by atoms with E-state index in [4.69, 9.17) is 10.8 Å². The second kappa shape index (κ2) is 8.67. The van der Waals surface area contributed by atoms with E-state index in [1.165, 1.54) is 11.8 Å². The lowest BCUT2D eigenvalue weighted by Gasteiger charge is -2.13. The molecular formula is C17H21N3O2S. The SMILES string of the molecule is CC[C@H](CO)NCS/C(=C\c1ccc2ncccc2c1)C(N)=O. The predicted molar refractivity (Wildman–Crippen MR) is 95.7 cm³/mol. The maximum atomic E-state index is 11.6. The van der Waals surface area contributed by atoms with Gasteiger partial charge in [-0.3, -0.25) is 9.78 Å². The van der Waals surface area contributed by atoms with Gasteiger partial charge in [-0.2, -0.15) is 0 Å². The standard InChI is InChI=1S/C17H21N3O2S/c1-2-14(10-21)20-11-23-16(17(18)22)9-12-5-6-15-13(8-12)4-3-7-19-15/h3-9,14,20-21H,2,10-11H2,1H3,(H2,18,22)/b16-9-/t14-/m1/s1. The van der Waals surface area contributed by atoms with Crippen LogP contribution in [0, 0.1) is 0 Å². The van der Waals surface area contributed by atoms with Crippen molar-refractivity contribution in [2.45, 2.75) is 19.4 Å². The van der Waals surface area contributed by atoms with Crippen molar-refractivity contribution in [3.8, 4) is 0 Å². The number of thioether (sulfide) groups is 1. The minimum atomic E-state index is -0.458. The van der Waals surface area contributed by atoms with Crippen LogP contribution in [-0.4, -0.2) is 34.5 Å². The van der Waals surface area contributed by atoms with Gasteiger partial charge in [-0.05, 0) is 36.3 Å². The van der Waals surface area contributed by atoms with Gasteiger partial charge < -0.3 is 16.2 Å². The zero-order valence-electron chi connectivity index (χ0n) is 13.0. The molecule has 1 heterocycles. The number of benzene rings is 1. The average molecular weight is 331 g/mol. The van der Waals surface area contributed by atoms with Crippen LogP contribution in [0.2, 0.25) is 0 Å². The van der Waals surface area contributed by atoms with Crippen LogP contribution in [0.25, 0.3) is 17.0 Å². The van der Waals surface area contributed by atoms with Gasteiger partial charge in [0, 0.05) is 23.5 Å². The van der Waals surface area contributed by atoms with Crippen LogP contribution in [-0.2, 0) is 4.79 Å². The number of aromatic nitrogens is 1. The summed E-state index contributed by atoms with van der Waals surface area (Å²) in [5.41, 5.74) is 7.28. The summed E-state index contributed by atoms with van der Waals surface area (Å²) in [5, 5.41) is 13.3. The van der Waals surface area contributed by atoms with E-state index in [2.05, 4.69) is 10.3 Å². The number of nitrogens with zero attached hydrogens (tertiary/aromatic N) is 1. The summed E-state index contributed by atoms with van der Waals surface area (Å²) in [6.07, 6.45) is 4.35. The van der Waals surface area contributed by atoms with Crippen molar-refractivity contribution in [1.29, 1.82) is 0 Å². The number of rotatable bonds is 8. The molecule has 5 nitrogen and oxygen atoms in total. The van der Waals surface area contributed by atoms with Crippen molar-refractivity contribution in [1.82, 2.24) is 10.3 Å². The first-order valence-corrected chi connectivity index (χ1v) is 8.46. The molecule has 2 rings (SSSR count). The van der Waals surface area contributed by atoms with Gasteiger partial charge in [-0.25, -0.2) is 0 Å². The van der Waals surface area contributed by atoms with Gasteiger partial charge in [0.15, 0.2) is 0 Å². The molecule has 6 heteroatoms. The molecule has 1 aromatic carbocycles. The minimum Gasteiger partial charge on any atom is -0.395 e. The van der Waals surface area contributed by atoms with Gasteiger partial charge in [0.25, 0.3) is 5.91 Å². The van der Waals surface area contributed by atoms with Gasteiger partial charge in [0.05, 0.1) is 17.0 Å². The number of fused-ring (bicyclic) bond motifs is 1. The zero-order valence-corrected chi connectivity index (χ0v) is 13.8. The number of nitrogens with one attached hydrogen (secondary N) is 1.